The Labute approximate surface area is 99.1 Å². The van der Waals surface area contributed by atoms with Crippen molar-refractivity contribution in [2.75, 3.05) is 13.6 Å². The monoisotopic (exact) mass is 254 g/mol. The van der Waals surface area contributed by atoms with E-state index in [4.69, 9.17) is 6.42 Å². The van der Waals surface area contributed by atoms with Crippen LogP contribution < -0.4 is 0 Å². The molecule has 0 saturated heterocycles. The van der Waals surface area contributed by atoms with Crippen molar-refractivity contribution in [2.45, 2.75) is 4.90 Å². The number of rotatable bonds is 4. The molecule has 17 heavy (non-hydrogen) atoms. The highest BCUT2D eigenvalue weighted by atomic mass is 32.2. The van der Waals surface area contributed by atoms with Gasteiger partial charge in [-0.25, -0.2) is 8.42 Å². The fourth-order valence-corrected chi connectivity index (χ4v) is 2.22. The molecular formula is C10H10N2O4S. The summed E-state index contributed by atoms with van der Waals surface area (Å²) in [5.74, 6) is 2.21. The van der Waals surface area contributed by atoms with Crippen LogP contribution in [0, 0.1) is 22.5 Å². The third kappa shape index (κ3) is 2.81. The Bertz CT molecular complexity index is 557. The highest BCUT2D eigenvalue weighted by molar-refractivity contribution is 7.89. The Kier molecular flexibility index (Phi) is 3.83. The first-order chi connectivity index (χ1) is 7.89. The van der Waals surface area contributed by atoms with Gasteiger partial charge in [-0.15, -0.1) is 6.42 Å². The van der Waals surface area contributed by atoms with Crippen molar-refractivity contribution in [1.82, 2.24) is 4.31 Å². The molecule has 0 spiro atoms. The second-order valence-electron chi connectivity index (χ2n) is 3.22. The molecule has 0 fully saturated rings. The van der Waals surface area contributed by atoms with E-state index in [-0.39, 0.29) is 17.1 Å². The molecule has 0 unspecified atom stereocenters. The minimum Gasteiger partial charge on any atom is -0.258 e. The largest absolute Gasteiger partial charge is 0.269 e. The van der Waals surface area contributed by atoms with E-state index in [1.54, 1.807) is 0 Å². The van der Waals surface area contributed by atoms with Gasteiger partial charge in [-0.2, -0.15) is 4.31 Å². The van der Waals surface area contributed by atoms with Crippen molar-refractivity contribution in [1.29, 1.82) is 0 Å². The van der Waals surface area contributed by atoms with Crippen LogP contribution in [0.4, 0.5) is 5.69 Å². The van der Waals surface area contributed by atoms with E-state index in [9.17, 15) is 18.5 Å². The van der Waals surface area contributed by atoms with E-state index < -0.39 is 14.9 Å². The zero-order valence-corrected chi connectivity index (χ0v) is 9.85. The van der Waals surface area contributed by atoms with Crippen molar-refractivity contribution in [3.8, 4) is 12.3 Å². The Morgan fingerprint density at radius 3 is 2.35 bits per heavy atom. The molecule has 0 saturated carbocycles. The Morgan fingerprint density at radius 2 is 1.94 bits per heavy atom. The summed E-state index contributed by atoms with van der Waals surface area (Å²) >= 11 is 0. The maximum absolute atomic E-state index is 11.9. The van der Waals surface area contributed by atoms with Gasteiger partial charge in [0.15, 0.2) is 0 Å². The summed E-state index contributed by atoms with van der Waals surface area (Å²) in [6.07, 6.45) is 5.02. The van der Waals surface area contributed by atoms with Gasteiger partial charge in [0.2, 0.25) is 10.0 Å². The summed E-state index contributed by atoms with van der Waals surface area (Å²) in [4.78, 5) is 9.79. The lowest BCUT2D eigenvalue weighted by molar-refractivity contribution is -0.384. The molecule has 7 heteroatoms. The van der Waals surface area contributed by atoms with Crippen LogP contribution in [0.25, 0.3) is 0 Å². The number of nitro groups is 1. The maximum Gasteiger partial charge on any atom is 0.269 e. The first kappa shape index (κ1) is 13.2. The molecule has 1 rings (SSSR count). The molecule has 0 heterocycles. The molecule has 0 aliphatic rings. The van der Waals surface area contributed by atoms with Crippen molar-refractivity contribution >= 4 is 15.7 Å². The van der Waals surface area contributed by atoms with Crippen LogP contribution in [0.2, 0.25) is 0 Å². The zero-order valence-electron chi connectivity index (χ0n) is 9.03. The van der Waals surface area contributed by atoms with Crippen molar-refractivity contribution in [3.63, 3.8) is 0 Å². The summed E-state index contributed by atoms with van der Waals surface area (Å²) in [5, 5.41) is 10.4. The van der Waals surface area contributed by atoms with Crippen LogP contribution in [-0.2, 0) is 10.0 Å². The molecule has 6 nitrogen and oxygen atoms in total. The summed E-state index contributed by atoms with van der Waals surface area (Å²) in [6.45, 7) is -0.0562. The molecule has 0 aliphatic heterocycles. The van der Waals surface area contributed by atoms with Gasteiger partial charge in [-0.1, -0.05) is 5.92 Å². The van der Waals surface area contributed by atoms with Crippen molar-refractivity contribution in [2.24, 2.45) is 0 Å². The number of terminal acetylenes is 1. The SMILES string of the molecule is C#CCN(C)S(=O)(=O)c1ccc([N+](=O)[O-])cc1. The Balaban J connectivity index is 3.09. The molecule has 90 valence electrons. The van der Waals surface area contributed by atoms with Gasteiger partial charge in [0, 0.05) is 19.2 Å². The molecule has 0 aliphatic carbocycles. The summed E-state index contributed by atoms with van der Waals surface area (Å²) in [6, 6.07) is 4.63. The minimum absolute atomic E-state index is 0.0270. The molecule has 0 atom stereocenters. The molecule has 1 aromatic carbocycles. The van der Waals surface area contributed by atoms with E-state index in [0.29, 0.717) is 0 Å². The predicted octanol–water partition coefficient (Wildman–Crippen LogP) is 0.849. The van der Waals surface area contributed by atoms with Gasteiger partial charge in [-0.3, -0.25) is 10.1 Å². The fourth-order valence-electron chi connectivity index (χ4n) is 1.13. The lowest BCUT2D eigenvalue weighted by Crippen LogP contribution is -2.27. The van der Waals surface area contributed by atoms with E-state index in [0.717, 1.165) is 16.4 Å². The average Bonchev–Trinajstić information content (AvgIpc) is 2.29. The highest BCUT2D eigenvalue weighted by Crippen LogP contribution is 2.18. The minimum atomic E-state index is -3.68. The van der Waals surface area contributed by atoms with E-state index in [1.165, 1.54) is 19.2 Å². The summed E-state index contributed by atoms with van der Waals surface area (Å²) < 4.78 is 24.7. The number of hydrogen-bond acceptors (Lipinski definition) is 4. The number of sulfonamides is 1. The van der Waals surface area contributed by atoms with Gasteiger partial charge in [0.25, 0.3) is 5.69 Å². The van der Waals surface area contributed by atoms with Crippen LogP contribution >= 0.6 is 0 Å². The second-order valence-corrected chi connectivity index (χ2v) is 5.26. The van der Waals surface area contributed by atoms with E-state index in [2.05, 4.69) is 5.92 Å². The molecule has 0 radical (unpaired) electrons. The van der Waals surface area contributed by atoms with Gasteiger partial charge in [-0.05, 0) is 12.1 Å². The van der Waals surface area contributed by atoms with Crippen LogP contribution in [0.1, 0.15) is 0 Å². The fraction of sp³-hybridized carbons (Fsp3) is 0.200. The third-order valence-corrected chi connectivity index (χ3v) is 3.89. The Morgan fingerprint density at radius 1 is 1.41 bits per heavy atom. The number of benzene rings is 1. The predicted molar refractivity (Wildman–Crippen MR) is 61.7 cm³/mol. The smallest absolute Gasteiger partial charge is 0.258 e. The van der Waals surface area contributed by atoms with Crippen LogP contribution in [0.5, 0.6) is 0 Å². The zero-order chi connectivity index (χ0) is 13.1. The number of non-ortho nitro benzene ring substituents is 1. The van der Waals surface area contributed by atoms with E-state index in [1.807, 2.05) is 0 Å². The topological polar surface area (TPSA) is 80.5 Å². The molecule has 0 bridgehead atoms. The highest BCUT2D eigenvalue weighted by Gasteiger charge is 2.20. The van der Waals surface area contributed by atoms with E-state index >= 15 is 0 Å². The normalized spacial score (nSPS) is 11.1. The lowest BCUT2D eigenvalue weighted by atomic mass is 10.3. The molecule has 0 N–H and O–H groups in total. The first-order valence-corrected chi connectivity index (χ1v) is 5.98. The first-order valence-electron chi connectivity index (χ1n) is 4.54. The number of hydrogen-bond donors (Lipinski definition) is 0. The van der Waals surface area contributed by atoms with Crippen molar-refractivity contribution in [3.05, 3.63) is 34.4 Å². The quantitative estimate of drug-likeness (QED) is 0.453. The van der Waals surface area contributed by atoms with Crippen LogP contribution in [-0.4, -0.2) is 31.2 Å². The average molecular weight is 254 g/mol. The summed E-state index contributed by atoms with van der Waals surface area (Å²) in [5.41, 5.74) is -0.163. The van der Waals surface area contributed by atoms with Gasteiger partial charge >= 0.3 is 0 Å². The number of nitrogens with zero attached hydrogens (tertiary/aromatic N) is 2. The van der Waals surface area contributed by atoms with Crippen LogP contribution in [0.15, 0.2) is 29.2 Å². The lowest BCUT2D eigenvalue weighted by Gasteiger charge is -2.13. The second kappa shape index (κ2) is 4.95. The maximum atomic E-state index is 11.9. The third-order valence-electron chi connectivity index (χ3n) is 2.07. The van der Waals surface area contributed by atoms with Gasteiger partial charge in [0.05, 0.1) is 16.4 Å². The van der Waals surface area contributed by atoms with Gasteiger partial charge in [0.1, 0.15) is 0 Å². The molecule has 0 aromatic heterocycles. The molecule has 0 amide bonds. The standard InChI is InChI=1S/C10H10N2O4S/c1-3-8-11(2)17(15,16)10-6-4-9(5-7-10)12(13)14/h1,4-7H,8H2,2H3. The number of nitro benzene ring substituents is 1. The summed E-state index contributed by atoms with van der Waals surface area (Å²) in [7, 11) is -2.33. The van der Waals surface area contributed by atoms with Crippen molar-refractivity contribution < 1.29 is 13.3 Å². The Hall–Kier alpha value is -1.91. The van der Waals surface area contributed by atoms with Crippen LogP contribution in [0.3, 0.4) is 0 Å². The molecule has 1 aromatic rings. The van der Waals surface area contributed by atoms with Gasteiger partial charge < -0.3 is 0 Å². The molecular weight excluding hydrogens is 244 g/mol.